The Balaban J connectivity index is 2.17. The van der Waals surface area contributed by atoms with Gasteiger partial charge in [-0.05, 0) is 30.5 Å². The van der Waals surface area contributed by atoms with E-state index in [1.54, 1.807) is 0 Å². The molecule has 3 nitrogen and oxygen atoms in total. The SMILES string of the molecule is NC(=O)C1(c2ccc(OC(F)(F)F)cc2)CC1. The van der Waals surface area contributed by atoms with Crippen LogP contribution in [-0.4, -0.2) is 12.3 Å². The number of rotatable bonds is 3. The highest BCUT2D eigenvalue weighted by Gasteiger charge is 2.49. The van der Waals surface area contributed by atoms with E-state index in [-0.39, 0.29) is 5.75 Å². The van der Waals surface area contributed by atoms with Crippen molar-refractivity contribution < 1.29 is 22.7 Å². The lowest BCUT2D eigenvalue weighted by atomic mass is 9.95. The third-order valence-corrected chi connectivity index (χ3v) is 2.86. The first-order valence-corrected chi connectivity index (χ1v) is 5.00. The van der Waals surface area contributed by atoms with Crippen LogP contribution in [0.2, 0.25) is 0 Å². The van der Waals surface area contributed by atoms with E-state index in [4.69, 9.17) is 5.73 Å². The standard InChI is InChI=1S/C11H10F3NO2/c12-11(13,14)17-8-3-1-7(2-4-8)10(5-6-10)9(15)16/h1-4H,5-6H2,(H2,15,16). The predicted octanol–water partition coefficient (Wildman–Crippen LogP) is 2.10. The highest BCUT2D eigenvalue weighted by Crippen LogP contribution is 2.48. The Hall–Kier alpha value is -1.72. The Morgan fingerprint density at radius 3 is 2.12 bits per heavy atom. The molecule has 0 atom stereocenters. The lowest BCUT2D eigenvalue weighted by molar-refractivity contribution is -0.274. The van der Waals surface area contributed by atoms with Crippen LogP contribution in [-0.2, 0) is 10.2 Å². The van der Waals surface area contributed by atoms with E-state index in [2.05, 4.69) is 4.74 Å². The van der Waals surface area contributed by atoms with Crippen LogP contribution in [0.3, 0.4) is 0 Å². The van der Waals surface area contributed by atoms with Gasteiger partial charge in [-0.1, -0.05) is 12.1 Å². The number of alkyl halides is 3. The summed E-state index contributed by atoms with van der Waals surface area (Å²) in [6.45, 7) is 0. The Bertz CT molecular complexity index is 435. The number of nitrogens with two attached hydrogens (primary N) is 1. The van der Waals surface area contributed by atoms with Gasteiger partial charge in [-0.3, -0.25) is 4.79 Å². The van der Waals surface area contributed by atoms with Crippen molar-refractivity contribution in [1.82, 2.24) is 0 Å². The number of carbonyl (C=O) groups is 1. The first kappa shape index (κ1) is 11.8. The zero-order valence-corrected chi connectivity index (χ0v) is 8.75. The van der Waals surface area contributed by atoms with Crippen LogP contribution in [0.1, 0.15) is 18.4 Å². The molecule has 6 heteroatoms. The molecule has 1 aromatic rings. The molecule has 1 amide bonds. The molecule has 1 fully saturated rings. The Morgan fingerprint density at radius 2 is 1.76 bits per heavy atom. The number of benzene rings is 1. The molecule has 0 aliphatic heterocycles. The average molecular weight is 245 g/mol. The monoisotopic (exact) mass is 245 g/mol. The smallest absolute Gasteiger partial charge is 0.406 e. The van der Waals surface area contributed by atoms with E-state index in [0.29, 0.717) is 18.4 Å². The summed E-state index contributed by atoms with van der Waals surface area (Å²) in [5.74, 6) is -0.747. The molecule has 0 saturated heterocycles. The lowest BCUT2D eigenvalue weighted by Gasteiger charge is -2.13. The quantitative estimate of drug-likeness (QED) is 0.886. The highest BCUT2D eigenvalue weighted by atomic mass is 19.4. The Morgan fingerprint density at radius 1 is 1.24 bits per heavy atom. The summed E-state index contributed by atoms with van der Waals surface area (Å²) in [5, 5.41) is 0. The second-order valence-corrected chi connectivity index (χ2v) is 4.02. The molecule has 0 bridgehead atoms. The van der Waals surface area contributed by atoms with Crippen molar-refractivity contribution in [3.63, 3.8) is 0 Å². The van der Waals surface area contributed by atoms with Crippen LogP contribution in [0.25, 0.3) is 0 Å². The van der Waals surface area contributed by atoms with Crippen LogP contribution >= 0.6 is 0 Å². The molecular weight excluding hydrogens is 235 g/mol. The number of amides is 1. The molecule has 0 spiro atoms. The van der Waals surface area contributed by atoms with Crippen LogP contribution in [0, 0.1) is 0 Å². The molecule has 0 aromatic heterocycles. The molecule has 1 aliphatic carbocycles. The van der Waals surface area contributed by atoms with Crippen LogP contribution in [0.15, 0.2) is 24.3 Å². The molecule has 1 aromatic carbocycles. The van der Waals surface area contributed by atoms with Crippen LogP contribution in [0.4, 0.5) is 13.2 Å². The molecule has 17 heavy (non-hydrogen) atoms. The van der Waals surface area contributed by atoms with Gasteiger partial charge in [-0.2, -0.15) is 0 Å². The van der Waals surface area contributed by atoms with E-state index in [0.717, 1.165) is 0 Å². The van der Waals surface area contributed by atoms with Gasteiger partial charge in [-0.15, -0.1) is 13.2 Å². The van der Waals surface area contributed by atoms with Gasteiger partial charge in [0.1, 0.15) is 5.75 Å². The van der Waals surface area contributed by atoms with Gasteiger partial charge in [0.05, 0.1) is 5.41 Å². The number of ether oxygens (including phenoxy) is 1. The Kier molecular flexibility index (Phi) is 2.52. The first-order chi connectivity index (χ1) is 7.83. The predicted molar refractivity (Wildman–Crippen MR) is 53.2 cm³/mol. The summed E-state index contributed by atoms with van der Waals surface area (Å²) in [6, 6.07) is 5.26. The fourth-order valence-corrected chi connectivity index (χ4v) is 1.78. The van der Waals surface area contributed by atoms with Crippen molar-refractivity contribution in [2.75, 3.05) is 0 Å². The number of primary amides is 1. The van der Waals surface area contributed by atoms with Gasteiger partial charge in [0.25, 0.3) is 0 Å². The second kappa shape index (κ2) is 3.65. The van der Waals surface area contributed by atoms with Crippen molar-refractivity contribution in [3.8, 4) is 5.75 Å². The largest absolute Gasteiger partial charge is 0.573 e. The summed E-state index contributed by atoms with van der Waals surface area (Å²) >= 11 is 0. The van der Waals surface area contributed by atoms with Gasteiger partial charge in [-0.25, -0.2) is 0 Å². The summed E-state index contributed by atoms with van der Waals surface area (Å²) in [7, 11) is 0. The summed E-state index contributed by atoms with van der Waals surface area (Å²) in [4.78, 5) is 11.2. The molecule has 0 unspecified atom stereocenters. The van der Waals surface area contributed by atoms with Gasteiger partial charge in [0.2, 0.25) is 5.91 Å². The van der Waals surface area contributed by atoms with Crippen molar-refractivity contribution >= 4 is 5.91 Å². The molecule has 1 saturated carbocycles. The third kappa shape index (κ3) is 2.35. The molecule has 0 radical (unpaired) electrons. The van der Waals surface area contributed by atoms with Gasteiger partial charge in [0, 0.05) is 0 Å². The number of carbonyl (C=O) groups excluding carboxylic acids is 1. The van der Waals surface area contributed by atoms with Crippen molar-refractivity contribution in [2.24, 2.45) is 5.73 Å². The molecular formula is C11H10F3NO2. The van der Waals surface area contributed by atoms with Crippen LogP contribution < -0.4 is 10.5 Å². The molecule has 2 N–H and O–H groups in total. The zero-order valence-electron chi connectivity index (χ0n) is 8.75. The third-order valence-electron chi connectivity index (χ3n) is 2.86. The topological polar surface area (TPSA) is 52.3 Å². The Labute approximate surface area is 95.4 Å². The first-order valence-electron chi connectivity index (χ1n) is 5.00. The molecule has 1 aliphatic rings. The van der Waals surface area contributed by atoms with E-state index < -0.39 is 17.7 Å². The van der Waals surface area contributed by atoms with Gasteiger partial charge < -0.3 is 10.5 Å². The highest BCUT2D eigenvalue weighted by molar-refractivity contribution is 5.89. The van der Waals surface area contributed by atoms with Gasteiger partial charge in [0.15, 0.2) is 0 Å². The normalized spacial score (nSPS) is 17.6. The lowest BCUT2D eigenvalue weighted by Crippen LogP contribution is -2.28. The molecule has 2 rings (SSSR count). The molecule has 92 valence electrons. The zero-order chi connectivity index (χ0) is 12.7. The number of hydrogen-bond acceptors (Lipinski definition) is 2. The summed E-state index contributed by atoms with van der Waals surface area (Å²) in [6.07, 6.45) is -3.42. The van der Waals surface area contributed by atoms with Crippen LogP contribution in [0.5, 0.6) is 5.75 Å². The minimum absolute atomic E-state index is 0.304. The minimum Gasteiger partial charge on any atom is -0.406 e. The summed E-state index contributed by atoms with van der Waals surface area (Å²) < 4.78 is 39.5. The van der Waals surface area contributed by atoms with E-state index in [1.165, 1.54) is 24.3 Å². The summed E-state index contributed by atoms with van der Waals surface area (Å²) in [5.41, 5.74) is 5.21. The maximum atomic E-state index is 11.9. The van der Waals surface area contributed by atoms with Gasteiger partial charge >= 0.3 is 6.36 Å². The fraction of sp³-hybridized carbons (Fsp3) is 0.364. The van der Waals surface area contributed by atoms with Crippen molar-refractivity contribution in [1.29, 1.82) is 0 Å². The average Bonchev–Trinajstić information content (AvgIpc) is 2.97. The number of hydrogen-bond donors (Lipinski definition) is 1. The van der Waals surface area contributed by atoms with Crippen molar-refractivity contribution in [3.05, 3.63) is 29.8 Å². The number of halogens is 3. The minimum atomic E-state index is -4.71. The van der Waals surface area contributed by atoms with Crippen molar-refractivity contribution in [2.45, 2.75) is 24.6 Å². The molecule has 0 heterocycles. The maximum absolute atomic E-state index is 11.9. The van der Waals surface area contributed by atoms with E-state index in [1.807, 2.05) is 0 Å². The fourth-order valence-electron chi connectivity index (χ4n) is 1.78. The maximum Gasteiger partial charge on any atom is 0.573 e. The second-order valence-electron chi connectivity index (χ2n) is 4.02. The van der Waals surface area contributed by atoms with E-state index in [9.17, 15) is 18.0 Å². The van der Waals surface area contributed by atoms with E-state index >= 15 is 0 Å².